The van der Waals surface area contributed by atoms with Gasteiger partial charge in [0, 0.05) is 11.6 Å². The van der Waals surface area contributed by atoms with Gasteiger partial charge in [0.05, 0.1) is 5.56 Å². The summed E-state index contributed by atoms with van der Waals surface area (Å²) in [7, 11) is 0. The van der Waals surface area contributed by atoms with Crippen LogP contribution in [-0.4, -0.2) is 6.18 Å². The Morgan fingerprint density at radius 2 is 1.24 bits per heavy atom. The summed E-state index contributed by atoms with van der Waals surface area (Å²) in [6.07, 6.45) is 6.67. The van der Waals surface area contributed by atoms with Gasteiger partial charge in [0.2, 0.25) is 0 Å². The van der Waals surface area contributed by atoms with Crippen LogP contribution < -0.4 is 0 Å². The van der Waals surface area contributed by atoms with Crippen molar-refractivity contribution in [2.24, 2.45) is 17.8 Å². The molecule has 0 nitrogen and oxygen atoms in total. The summed E-state index contributed by atoms with van der Waals surface area (Å²) in [5.41, 5.74) is -1.38. The Morgan fingerprint density at radius 3 is 1.73 bits per heavy atom. The Balaban J connectivity index is 1.45. The van der Waals surface area contributed by atoms with E-state index in [-0.39, 0.29) is 18.1 Å². The summed E-state index contributed by atoms with van der Waals surface area (Å²) in [5.74, 6) is -2.27. The molecule has 2 aromatic carbocycles. The summed E-state index contributed by atoms with van der Waals surface area (Å²) in [5, 5.41) is 0. The van der Waals surface area contributed by atoms with Gasteiger partial charge in [-0.25, -0.2) is 17.6 Å². The first-order valence-corrected chi connectivity index (χ1v) is 13.3. The van der Waals surface area contributed by atoms with E-state index in [4.69, 9.17) is 0 Å². The highest BCUT2D eigenvalue weighted by Crippen LogP contribution is 2.45. The summed E-state index contributed by atoms with van der Waals surface area (Å²) in [6, 6.07) is 3.76. The van der Waals surface area contributed by atoms with Gasteiger partial charge in [-0.3, -0.25) is 0 Å². The number of benzene rings is 2. The van der Waals surface area contributed by atoms with E-state index in [0.717, 1.165) is 37.5 Å². The monoisotopic (exact) mass is 526 g/mol. The summed E-state index contributed by atoms with van der Waals surface area (Å²) in [4.78, 5) is 0. The van der Waals surface area contributed by atoms with Crippen molar-refractivity contribution in [3.8, 4) is 11.1 Å². The predicted octanol–water partition coefficient (Wildman–Crippen LogP) is 10.4. The number of halogens is 7. The topological polar surface area (TPSA) is 0 Å². The second kappa shape index (κ2) is 11.6. The highest BCUT2D eigenvalue weighted by atomic mass is 19.4. The van der Waals surface area contributed by atoms with Gasteiger partial charge < -0.3 is 0 Å². The van der Waals surface area contributed by atoms with Crippen molar-refractivity contribution >= 4 is 6.08 Å². The van der Waals surface area contributed by atoms with Gasteiger partial charge in [0.1, 0.15) is 23.3 Å². The molecule has 0 atom stereocenters. The molecule has 2 aliphatic rings. The predicted molar refractivity (Wildman–Crippen MR) is 132 cm³/mol. The molecule has 2 aromatic rings. The van der Waals surface area contributed by atoms with E-state index < -0.39 is 46.1 Å². The molecule has 0 N–H and O–H groups in total. The van der Waals surface area contributed by atoms with Crippen molar-refractivity contribution in [2.75, 3.05) is 0 Å². The first kappa shape index (κ1) is 27.7. The zero-order chi connectivity index (χ0) is 26.7. The van der Waals surface area contributed by atoms with Gasteiger partial charge in [0.25, 0.3) is 0 Å². The van der Waals surface area contributed by atoms with Gasteiger partial charge in [-0.05, 0) is 104 Å². The number of allylic oxidation sites excluding steroid dienone is 1. The zero-order valence-corrected chi connectivity index (χ0v) is 21.0. The van der Waals surface area contributed by atoms with E-state index in [1.807, 2.05) is 0 Å². The highest BCUT2D eigenvalue weighted by Gasteiger charge is 2.32. The Labute approximate surface area is 214 Å². The van der Waals surface area contributed by atoms with Crippen molar-refractivity contribution in [1.29, 1.82) is 0 Å². The maximum absolute atomic E-state index is 15.0. The van der Waals surface area contributed by atoms with Gasteiger partial charge in [0.15, 0.2) is 0 Å². The lowest BCUT2D eigenvalue weighted by Crippen LogP contribution is -2.25. The third-order valence-corrected chi connectivity index (χ3v) is 8.37. The number of hydrogen-bond acceptors (Lipinski definition) is 0. The lowest BCUT2D eigenvalue weighted by atomic mass is 9.68. The van der Waals surface area contributed by atoms with E-state index in [0.29, 0.717) is 23.6 Å². The molecule has 2 saturated carbocycles. The van der Waals surface area contributed by atoms with E-state index in [2.05, 4.69) is 6.92 Å². The van der Waals surface area contributed by atoms with Crippen LogP contribution in [0.4, 0.5) is 30.7 Å². The number of alkyl halides is 3. The minimum atomic E-state index is -4.75. The third-order valence-electron chi connectivity index (χ3n) is 8.37. The van der Waals surface area contributed by atoms with Gasteiger partial charge in [-0.2, -0.15) is 13.2 Å². The fourth-order valence-corrected chi connectivity index (χ4v) is 6.45. The van der Waals surface area contributed by atoms with Crippen LogP contribution in [0.25, 0.3) is 17.2 Å². The smallest absolute Gasteiger partial charge is 0.206 e. The maximum atomic E-state index is 15.0. The molecule has 0 spiro atoms. The quantitative estimate of drug-likeness (QED) is 0.329. The van der Waals surface area contributed by atoms with Crippen molar-refractivity contribution in [3.05, 3.63) is 64.7 Å². The van der Waals surface area contributed by atoms with E-state index in [9.17, 15) is 22.0 Å². The third kappa shape index (κ3) is 6.77. The maximum Gasteiger partial charge on any atom is 0.409 e. The lowest BCUT2D eigenvalue weighted by molar-refractivity contribution is -0.0790. The second-order valence-corrected chi connectivity index (χ2v) is 10.8. The first-order valence-electron chi connectivity index (χ1n) is 13.3. The fraction of sp³-hybridized carbons (Fsp3) is 0.533. The Bertz CT molecular complexity index is 1060. The van der Waals surface area contributed by atoms with Crippen molar-refractivity contribution < 1.29 is 30.7 Å². The molecule has 0 saturated heterocycles. The van der Waals surface area contributed by atoms with Crippen LogP contribution >= 0.6 is 0 Å². The largest absolute Gasteiger partial charge is 0.409 e. The summed E-state index contributed by atoms with van der Waals surface area (Å²) in [6.45, 7) is 2.23. The molecule has 37 heavy (non-hydrogen) atoms. The molecule has 2 aliphatic carbocycles. The van der Waals surface area contributed by atoms with Gasteiger partial charge >= 0.3 is 6.18 Å². The molecular formula is C30H33F7. The molecule has 0 heterocycles. The number of rotatable bonds is 6. The van der Waals surface area contributed by atoms with Crippen LogP contribution in [0.15, 0.2) is 30.3 Å². The molecule has 0 aliphatic heterocycles. The molecule has 0 radical (unpaired) electrons. The standard InChI is InChI=1S/C30H33F7/c1-2-3-18-4-6-19(7-5-18)20-8-10-21(11-9-20)22-14-27(33)29(28(34)15-22)23-16-25(31)24(26(32)17-23)12-13-30(35,36)37/h12-21H,2-11H2,1H3. The van der Waals surface area contributed by atoms with Crippen molar-refractivity contribution in [2.45, 2.75) is 83.2 Å². The van der Waals surface area contributed by atoms with E-state index in [1.54, 1.807) is 0 Å². The highest BCUT2D eigenvalue weighted by molar-refractivity contribution is 5.68. The van der Waals surface area contributed by atoms with E-state index in [1.165, 1.54) is 50.7 Å². The molecule has 0 aromatic heterocycles. The van der Waals surface area contributed by atoms with Crippen LogP contribution in [0, 0.1) is 41.0 Å². The number of hydrogen-bond donors (Lipinski definition) is 0. The van der Waals surface area contributed by atoms with Crippen LogP contribution in [0.3, 0.4) is 0 Å². The molecule has 202 valence electrons. The average molecular weight is 527 g/mol. The van der Waals surface area contributed by atoms with Crippen molar-refractivity contribution in [1.82, 2.24) is 0 Å². The second-order valence-electron chi connectivity index (χ2n) is 10.8. The molecule has 7 heteroatoms. The molecule has 4 rings (SSSR count). The minimum Gasteiger partial charge on any atom is -0.206 e. The molecule has 0 amide bonds. The SMILES string of the molecule is CCCC1CCC(C2CCC(c3cc(F)c(-c4cc(F)c(C=CC(F)(F)F)c(F)c4)c(F)c3)CC2)CC1. The normalized spacial score (nSPS) is 25.1. The van der Waals surface area contributed by atoms with Crippen LogP contribution in [0.1, 0.15) is 88.2 Å². The van der Waals surface area contributed by atoms with Gasteiger partial charge in [-0.1, -0.05) is 32.6 Å². The molecule has 2 fully saturated rings. The first-order chi connectivity index (χ1) is 17.6. The molecular weight excluding hydrogens is 493 g/mol. The van der Waals surface area contributed by atoms with Crippen LogP contribution in [0.2, 0.25) is 0 Å². The fourth-order valence-electron chi connectivity index (χ4n) is 6.45. The summed E-state index contributed by atoms with van der Waals surface area (Å²) < 4.78 is 95.9. The average Bonchev–Trinajstić information content (AvgIpc) is 2.83. The van der Waals surface area contributed by atoms with Crippen molar-refractivity contribution in [3.63, 3.8) is 0 Å². The lowest BCUT2D eigenvalue weighted by Gasteiger charge is -2.38. The van der Waals surface area contributed by atoms with Crippen LogP contribution in [-0.2, 0) is 0 Å². The van der Waals surface area contributed by atoms with Crippen LogP contribution in [0.5, 0.6) is 0 Å². The zero-order valence-electron chi connectivity index (χ0n) is 21.0. The molecule has 0 unspecified atom stereocenters. The van der Waals surface area contributed by atoms with Gasteiger partial charge in [-0.15, -0.1) is 0 Å². The Hall–Kier alpha value is -2.31. The Morgan fingerprint density at radius 1 is 0.730 bits per heavy atom. The minimum absolute atomic E-state index is 0.0223. The Kier molecular flexibility index (Phi) is 8.70. The summed E-state index contributed by atoms with van der Waals surface area (Å²) >= 11 is 0. The van der Waals surface area contributed by atoms with E-state index >= 15 is 8.78 Å². The molecule has 0 bridgehead atoms.